The van der Waals surface area contributed by atoms with Crippen LogP contribution in [0.25, 0.3) is 0 Å². The van der Waals surface area contributed by atoms with Crippen LogP contribution in [-0.4, -0.2) is 12.2 Å². The zero-order chi connectivity index (χ0) is 5.84. The van der Waals surface area contributed by atoms with Gasteiger partial charge in [-0.2, -0.15) is 0 Å². The Bertz CT molecular complexity index is 144. The van der Waals surface area contributed by atoms with Crippen molar-refractivity contribution >= 4 is 0 Å². The van der Waals surface area contributed by atoms with Crippen molar-refractivity contribution in [1.29, 1.82) is 0 Å². The van der Waals surface area contributed by atoms with Crippen molar-refractivity contribution in [3.8, 4) is 0 Å². The topological polar surface area (TPSA) is 12.5 Å². The molecule has 3 fully saturated rings. The first-order valence-electron chi connectivity index (χ1n) is 4.10. The van der Waals surface area contributed by atoms with Crippen LogP contribution in [0.15, 0.2) is 0 Å². The molecule has 3 aliphatic rings. The lowest BCUT2D eigenvalue weighted by Crippen LogP contribution is -2.06. The Labute approximate surface area is 55.4 Å². The second-order valence-electron chi connectivity index (χ2n) is 3.73. The average Bonchev–Trinajstić information content (AvgIpc) is 2.38. The number of hydrogen-bond acceptors (Lipinski definition) is 1. The van der Waals surface area contributed by atoms with Crippen molar-refractivity contribution in [3.05, 3.63) is 0 Å². The Morgan fingerprint density at radius 2 is 2.22 bits per heavy atom. The molecule has 0 aromatic carbocycles. The summed E-state index contributed by atoms with van der Waals surface area (Å²) in [7, 11) is 0. The van der Waals surface area contributed by atoms with E-state index in [9.17, 15) is 0 Å². The first kappa shape index (κ1) is 4.73. The maximum atomic E-state index is 5.47. The lowest BCUT2D eigenvalue weighted by Gasteiger charge is -2.09. The highest BCUT2D eigenvalue weighted by atomic mass is 16.6. The standard InChI is InChI=1S/C8H12O/c1-2-5-4-7-8(9-7)6(5)3-1/h5-8H,1-4H2/t5-,6-,7-,8+/m0/s1. The molecule has 1 heteroatoms. The van der Waals surface area contributed by atoms with Gasteiger partial charge >= 0.3 is 0 Å². The van der Waals surface area contributed by atoms with Gasteiger partial charge in [-0.25, -0.2) is 0 Å². The predicted octanol–water partition coefficient (Wildman–Crippen LogP) is 1.57. The summed E-state index contributed by atoms with van der Waals surface area (Å²) in [4.78, 5) is 0. The molecule has 0 radical (unpaired) electrons. The van der Waals surface area contributed by atoms with Crippen molar-refractivity contribution in [2.75, 3.05) is 0 Å². The summed E-state index contributed by atoms with van der Waals surface area (Å²) in [5.41, 5.74) is 0. The van der Waals surface area contributed by atoms with Gasteiger partial charge in [-0.1, -0.05) is 6.42 Å². The van der Waals surface area contributed by atoms with Gasteiger partial charge in [-0.15, -0.1) is 0 Å². The number of epoxide rings is 1. The zero-order valence-corrected chi connectivity index (χ0v) is 5.55. The van der Waals surface area contributed by atoms with Crippen LogP contribution >= 0.6 is 0 Å². The molecule has 0 spiro atoms. The highest BCUT2D eigenvalue weighted by Crippen LogP contribution is 2.53. The van der Waals surface area contributed by atoms with Crippen LogP contribution in [0.3, 0.4) is 0 Å². The van der Waals surface area contributed by atoms with Crippen LogP contribution in [0, 0.1) is 11.8 Å². The fraction of sp³-hybridized carbons (Fsp3) is 1.00. The predicted molar refractivity (Wildman–Crippen MR) is 34.1 cm³/mol. The van der Waals surface area contributed by atoms with E-state index in [1.807, 2.05) is 0 Å². The smallest absolute Gasteiger partial charge is 0.0872 e. The largest absolute Gasteiger partial charge is 0.369 e. The fourth-order valence-electron chi connectivity index (χ4n) is 2.81. The highest BCUT2D eigenvalue weighted by molar-refractivity contribution is 5.04. The molecule has 3 rings (SSSR count). The molecule has 9 heavy (non-hydrogen) atoms. The van der Waals surface area contributed by atoms with E-state index in [0.717, 1.165) is 24.0 Å². The normalized spacial score (nSPS) is 61.3. The van der Waals surface area contributed by atoms with Crippen LogP contribution in [0.1, 0.15) is 25.7 Å². The van der Waals surface area contributed by atoms with Crippen LogP contribution in [0.4, 0.5) is 0 Å². The number of hydrogen-bond donors (Lipinski definition) is 0. The van der Waals surface area contributed by atoms with Crippen LogP contribution in [-0.2, 0) is 4.74 Å². The molecule has 1 heterocycles. The molecule has 1 nitrogen and oxygen atoms in total. The molecule has 0 unspecified atom stereocenters. The Morgan fingerprint density at radius 1 is 1.22 bits per heavy atom. The molecule has 1 aliphatic heterocycles. The summed E-state index contributed by atoms with van der Waals surface area (Å²) in [6.07, 6.45) is 7.29. The van der Waals surface area contributed by atoms with Gasteiger partial charge in [0.15, 0.2) is 0 Å². The SMILES string of the molecule is C1C[C@H]2C[C@@H]3O[C@@H]3[C@H]2C1. The van der Waals surface area contributed by atoms with Crippen molar-refractivity contribution < 1.29 is 4.74 Å². The third kappa shape index (κ3) is 0.493. The van der Waals surface area contributed by atoms with E-state index in [4.69, 9.17) is 4.74 Å². The van der Waals surface area contributed by atoms with Gasteiger partial charge in [0, 0.05) is 0 Å². The Kier molecular flexibility index (Phi) is 0.704. The summed E-state index contributed by atoms with van der Waals surface area (Å²) in [5.74, 6) is 2.07. The van der Waals surface area contributed by atoms with Gasteiger partial charge in [0.1, 0.15) is 0 Å². The molecule has 4 atom stereocenters. The minimum Gasteiger partial charge on any atom is -0.369 e. The van der Waals surface area contributed by atoms with E-state index >= 15 is 0 Å². The average molecular weight is 124 g/mol. The maximum absolute atomic E-state index is 5.47. The Balaban J connectivity index is 1.88. The van der Waals surface area contributed by atoms with Crippen LogP contribution in [0.5, 0.6) is 0 Å². The summed E-state index contributed by atoms with van der Waals surface area (Å²) in [6.45, 7) is 0. The van der Waals surface area contributed by atoms with Crippen molar-refractivity contribution in [3.63, 3.8) is 0 Å². The molecule has 1 saturated heterocycles. The third-order valence-electron chi connectivity index (χ3n) is 3.30. The molecule has 50 valence electrons. The number of fused-ring (bicyclic) bond motifs is 3. The quantitative estimate of drug-likeness (QED) is 0.446. The van der Waals surface area contributed by atoms with Crippen LogP contribution in [0.2, 0.25) is 0 Å². The number of ether oxygens (including phenoxy) is 1. The van der Waals surface area contributed by atoms with Gasteiger partial charge in [0.05, 0.1) is 12.2 Å². The molecular weight excluding hydrogens is 112 g/mol. The number of rotatable bonds is 0. The minimum atomic E-state index is 0.722. The Morgan fingerprint density at radius 3 is 3.11 bits per heavy atom. The minimum absolute atomic E-state index is 0.722. The van der Waals surface area contributed by atoms with E-state index in [-0.39, 0.29) is 0 Å². The summed E-state index contributed by atoms with van der Waals surface area (Å²) in [6, 6.07) is 0. The molecule has 2 saturated carbocycles. The first-order valence-corrected chi connectivity index (χ1v) is 4.10. The maximum Gasteiger partial charge on any atom is 0.0872 e. The van der Waals surface area contributed by atoms with E-state index in [1.54, 1.807) is 0 Å². The van der Waals surface area contributed by atoms with Gasteiger partial charge in [-0.3, -0.25) is 0 Å². The summed E-state index contributed by atoms with van der Waals surface area (Å²) < 4.78 is 5.47. The second kappa shape index (κ2) is 1.34. The Hall–Kier alpha value is -0.0400. The molecule has 2 aliphatic carbocycles. The molecule has 0 N–H and O–H groups in total. The fourth-order valence-corrected chi connectivity index (χ4v) is 2.81. The first-order chi connectivity index (χ1) is 4.45. The highest BCUT2D eigenvalue weighted by Gasteiger charge is 2.56. The van der Waals surface area contributed by atoms with E-state index in [2.05, 4.69) is 0 Å². The lowest BCUT2D eigenvalue weighted by atomic mass is 10.00. The molecule has 0 bridgehead atoms. The van der Waals surface area contributed by atoms with Gasteiger partial charge < -0.3 is 4.74 Å². The van der Waals surface area contributed by atoms with Gasteiger partial charge in [-0.05, 0) is 31.1 Å². The van der Waals surface area contributed by atoms with Crippen molar-refractivity contribution in [2.45, 2.75) is 37.9 Å². The lowest BCUT2D eigenvalue weighted by molar-refractivity contribution is 0.225. The van der Waals surface area contributed by atoms with Gasteiger partial charge in [0.2, 0.25) is 0 Å². The van der Waals surface area contributed by atoms with Crippen LogP contribution < -0.4 is 0 Å². The summed E-state index contributed by atoms with van der Waals surface area (Å²) in [5, 5.41) is 0. The molecule has 0 aromatic rings. The zero-order valence-electron chi connectivity index (χ0n) is 5.55. The molecule has 0 aromatic heterocycles. The summed E-state index contributed by atoms with van der Waals surface area (Å²) >= 11 is 0. The molecular formula is C8H12O. The monoisotopic (exact) mass is 124 g/mol. The van der Waals surface area contributed by atoms with E-state index in [1.165, 1.54) is 25.7 Å². The molecule has 0 amide bonds. The van der Waals surface area contributed by atoms with Crippen molar-refractivity contribution in [1.82, 2.24) is 0 Å². The van der Waals surface area contributed by atoms with Crippen molar-refractivity contribution in [2.24, 2.45) is 11.8 Å². The van der Waals surface area contributed by atoms with E-state index in [0.29, 0.717) is 0 Å². The third-order valence-corrected chi connectivity index (χ3v) is 3.30. The second-order valence-corrected chi connectivity index (χ2v) is 3.73. The van der Waals surface area contributed by atoms with Gasteiger partial charge in [0.25, 0.3) is 0 Å². The van der Waals surface area contributed by atoms with E-state index < -0.39 is 0 Å².